The Labute approximate surface area is 216 Å². The van der Waals surface area contributed by atoms with Crippen molar-refractivity contribution in [1.82, 2.24) is 9.21 Å². The predicted octanol–water partition coefficient (Wildman–Crippen LogP) is 2.72. The number of ether oxygens (including phenoxy) is 1. The van der Waals surface area contributed by atoms with Crippen LogP contribution >= 0.6 is 0 Å². The minimum Gasteiger partial charge on any atom is -0.486 e. The van der Waals surface area contributed by atoms with Gasteiger partial charge in [0, 0.05) is 25.4 Å². The average molecular weight is 534 g/mol. The van der Waals surface area contributed by atoms with E-state index in [1.54, 1.807) is 30.0 Å². The molecule has 0 radical (unpaired) electrons. The summed E-state index contributed by atoms with van der Waals surface area (Å²) < 4.78 is 47.2. The molecule has 2 aromatic rings. The Kier molecular flexibility index (Phi) is 7.86. The molecule has 1 aliphatic carbocycles. The number of nitrogens with one attached hydrogen (secondary N) is 1. The number of hydrogen-bond acceptors (Lipinski definition) is 6. The van der Waals surface area contributed by atoms with Crippen LogP contribution in [0.25, 0.3) is 0 Å². The fourth-order valence-electron chi connectivity index (χ4n) is 4.28. The fourth-order valence-corrected chi connectivity index (χ4v) is 5.46. The lowest BCUT2D eigenvalue weighted by Gasteiger charge is -2.38. The Morgan fingerprint density at radius 3 is 2.54 bits per heavy atom. The highest BCUT2D eigenvalue weighted by molar-refractivity contribution is 7.89. The van der Waals surface area contributed by atoms with Crippen molar-refractivity contribution in [1.29, 1.82) is 0 Å². The summed E-state index contributed by atoms with van der Waals surface area (Å²) in [6.07, 6.45) is 0.891. The van der Waals surface area contributed by atoms with Gasteiger partial charge < -0.3 is 20.1 Å². The highest BCUT2D eigenvalue weighted by Gasteiger charge is 2.37. The van der Waals surface area contributed by atoms with Crippen molar-refractivity contribution in [2.75, 3.05) is 32.1 Å². The lowest BCUT2D eigenvalue weighted by Crippen LogP contribution is -2.50. The molecule has 1 saturated carbocycles. The number of fused-ring (bicyclic) bond motifs is 1. The highest BCUT2D eigenvalue weighted by atomic mass is 32.2. The van der Waals surface area contributed by atoms with Gasteiger partial charge in [-0.25, -0.2) is 12.8 Å². The lowest BCUT2D eigenvalue weighted by atomic mass is 9.99. The zero-order chi connectivity index (χ0) is 26.9. The maximum absolute atomic E-state index is 13.5. The van der Waals surface area contributed by atoms with E-state index in [2.05, 4.69) is 5.32 Å². The molecular weight excluding hydrogens is 501 g/mol. The van der Waals surface area contributed by atoms with Crippen LogP contribution in [0.2, 0.25) is 0 Å². The van der Waals surface area contributed by atoms with E-state index >= 15 is 0 Å². The fraction of sp³-hybridized carbons (Fsp3) is 0.462. The number of aliphatic hydroxyl groups is 1. The Morgan fingerprint density at radius 1 is 1.24 bits per heavy atom. The predicted molar refractivity (Wildman–Crippen MR) is 135 cm³/mol. The van der Waals surface area contributed by atoms with Gasteiger partial charge in [0.1, 0.15) is 11.9 Å². The van der Waals surface area contributed by atoms with E-state index in [0.29, 0.717) is 5.69 Å². The van der Waals surface area contributed by atoms with E-state index in [-0.39, 0.29) is 59.6 Å². The number of halogens is 1. The normalized spacial score (nSPS) is 21.0. The SMILES string of the molecule is C[C@H](CO)N1C[C@H](C)[C@H](CN(C)S(=O)(=O)c2ccc(F)cc2)Oc2c(NC(=O)C3CC3)cccc2C1=O. The van der Waals surface area contributed by atoms with Gasteiger partial charge >= 0.3 is 0 Å². The minimum absolute atomic E-state index is 0.0570. The molecule has 0 aromatic heterocycles. The third kappa shape index (κ3) is 5.78. The number of benzene rings is 2. The molecule has 2 aromatic carbocycles. The molecule has 37 heavy (non-hydrogen) atoms. The first-order chi connectivity index (χ1) is 17.5. The number of aliphatic hydroxyl groups excluding tert-OH is 1. The van der Waals surface area contributed by atoms with Crippen molar-refractivity contribution >= 4 is 27.5 Å². The van der Waals surface area contributed by atoms with Crippen LogP contribution in [0.3, 0.4) is 0 Å². The monoisotopic (exact) mass is 533 g/mol. The second-order valence-corrected chi connectivity index (χ2v) is 11.9. The maximum Gasteiger partial charge on any atom is 0.258 e. The van der Waals surface area contributed by atoms with Gasteiger partial charge in [0.05, 0.1) is 35.3 Å². The number of sulfonamides is 1. The van der Waals surface area contributed by atoms with Gasteiger partial charge in [-0.1, -0.05) is 13.0 Å². The Hall–Kier alpha value is -3.02. The molecule has 1 aliphatic heterocycles. The molecule has 11 heteroatoms. The van der Waals surface area contributed by atoms with Crippen molar-refractivity contribution in [3.8, 4) is 5.75 Å². The van der Waals surface area contributed by atoms with E-state index in [9.17, 15) is 27.5 Å². The molecule has 1 heterocycles. The van der Waals surface area contributed by atoms with Crippen molar-refractivity contribution in [3.05, 3.63) is 53.8 Å². The topological polar surface area (TPSA) is 116 Å². The summed E-state index contributed by atoms with van der Waals surface area (Å²) >= 11 is 0. The van der Waals surface area contributed by atoms with Gasteiger partial charge in [-0.3, -0.25) is 9.59 Å². The van der Waals surface area contributed by atoms with Crippen molar-refractivity contribution < 1.29 is 32.2 Å². The van der Waals surface area contributed by atoms with Crippen LogP contribution in [0.1, 0.15) is 37.0 Å². The average Bonchev–Trinajstić information content (AvgIpc) is 3.72. The summed E-state index contributed by atoms with van der Waals surface area (Å²) in [7, 11) is -2.55. The zero-order valence-corrected chi connectivity index (χ0v) is 21.9. The number of rotatable bonds is 8. The van der Waals surface area contributed by atoms with Crippen LogP contribution in [0.5, 0.6) is 5.75 Å². The quantitative estimate of drug-likeness (QED) is 0.539. The van der Waals surface area contributed by atoms with Gasteiger partial charge in [0.2, 0.25) is 15.9 Å². The molecule has 2 N–H and O–H groups in total. The van der Waals surface area contributed by atoms with Crippen LogP contribution in [0, 0.1) is 17.7 Å². The van der Waals surface area contributed by atoms with Gasteiger partial charge in [-0.15, -0.1) is 0 Å². The number of amides is 2. The number of para-hydroxylation sites is 1. The highest BCUT2D eigenvalue weighted by Crippen LogP contribution is 2.37. The van der Waals surface area contributed by atoms with Gasteiger partial charge in [-0.2, -0.15) is 4.31 Å². The van der Waals surface area contributed by atoms with E-state index in [1.807, 2.05) is 6.92 Å². The van der Waals surface area contributed by atoms with Crippen molar-refractivity contribution in [2.45, 2.75) is 43.7 Å². The summed E-state index contributed by atoms with van der Waals surface area (Å²) in [5.74, 6) is -1.30. The van der Waals surface area contributed by atoms with Gasteiger partial charge in [0.15, 0.2) is 5.75 Å². The first-order valence-electron chi connectivity index (χ1n) is 12.3. The number of likely N-dealkylation sites (N-methyl/N-ethyl adjacent to an activating group) is 1. The number of carbonyl (C=O) groups excluding carboxylic acids is 2. The lowest BCUT2D eigenvalue weighted by molar-refractivity contribution is -0.117. The van der Waals surface area contributed by atoms with Gasteiger partial charge in [0.25, 0.3) is 5.91 Å². The molecule has 0 saturated heterocycles. The zero-order valence-electron chi connectivity index (χ0n) is 21.1. The number of anilines is 1. The molecule has 1 fully saturated rings. The summed E-state index contributed by atoms with van der Waals surface area (Å²) in [6.45, 7) is 3.46. The standard InChI is InChI=1S/C26H32FN3O6S/c1-16-13-30(17(2)15-31)26(33)21-5-4-6-22(28-25(32)18-7-8-18)24(21)36-23(16)14-29(3)37(34,35)20-11-9-19(27)10-12-20/h4-6,9-12,16-18,23,31H,7-8,13-15H2,1-3H3,(H,28,32)/t16-,17+,23-/m0/s1. The van der Waals surface area contributed by atoms with E-state index in [0.717, 1.165) is 29.3 Å². The summed E-state index contributed by atoms with van der Waals surface area (Å²) in [5, 5.41) is 12.7. The van der Waals surface area contributed by atoms with E-state index in [1.165, 1.54) is 19.2 Å². The van der Waals surface area contributed by atoms with Crippen LogP contribution in [0.4, 0.5) is 10.1 Å². The van der Waals surface area contributed by atoms with E-state index < -0.39 is 28.0 Å². The van der Waals surface area contributed by atoms with Crippen molar-refractivity contribution in [2.24, 2.45) is 11.8 Å². The van der Waals surface area contributed by atoms with Crippen LogP contribution in [-0.2, 0) is 14.8 Å². The molecule has 0 unspecified atom stereocenters. The molecule has 4 rings (SSSR count). The van der Waals surface area contributed by atoms with Crippen molar-refractivity contribution in [3.63, 3.8) is 0 Å². The minimum atomic E-state index is -3.96. The summed E-state index contributed by atoms with van der Waals surface area (Å²) in [4.78, 5) is 27.5. The number of hydrogen-bond donors (Lipinski definition) is 2. The number of nitrogens with zero attached hydrogens (tertiary/aromatic N) is 2. The van der Waals surface area contributed by atoms with E-state index in [4.69, 9.17) is 4.74 Å². The first-order valence-corrected chi connectivity index (χ1v) is 13.7. The Balaban J connectivity index is 1.70. The largest absolute Gasteiger partial charge is 0.486 e. The van der Waals surface area contributed by atoms with Crippen LogP contribution < -0.4 is 10.1 Å². The number of carbonyl (C=O) groups is 2. The van der Waals surface area contributed by atoms with Gasteiger partial charge in [-0.05, 0) is 56.2 Å². The summed E-state index contributed by atoms with van der Waals surface area (Å²) in [6, 6.07) is 8.96. The molecule has 3 atom stereocenters. The third-order valence-corrected chi connectivity index (χ3v) is 8.69. The maximum atomic E-state index is 13.5. The smallest absolute Gasteiger partial charge is 0.258 e. The molecule has 2 amide bonds. The second kappa shape index (κ2) is 10.8. The molecular formula is C26H32FN3O6S. The Bertz CT molecular complexity index is 1270. The molecule has 0 bridgehead atoms. The van der Waals surface area contributed by atoms with Crippen LogP contribution in [0.15, 0.2) is 47.4 Å². The molecule has 200 valence electrons. The Morgan fingerprint density at radius 2 is 1.92 bits per heavy atom. The van der Waals surface area contributed by atoms with Crippen LogP contribution in [-0.4, -0.2) is 73.4 Å². The molecule has 2 aliphatic rings. The summed E-state index contributed by atoms with van der Waals surface area (Å²) in [5.41, 5.74) is 0.553. The molecule has 0 spiro atoms. The first kappa shape index (κ1) is 27.0. The third-order valence-electron chi connectivity index (χ3n) is 6.86. The second-order valence-electron chi connectivity index (χ2n) is 9.81. The molecule has 9 nitrogen and oxygen atoms in total.